The van der Waals surface area contributed by atoms with Gasteiger partial charge in [-0.05, 0) is 6.42 Å². The van der Waals surface area contributed by atoms with Gasteiger partial charge in [0, 0.05) is 26.2 Å². The number of hydrogen-bond donors (Lipinski definition) is 2. The van der Waals surface area contributed by atoms with Crippen LogP contribution in [-0.2, 0) is 4.79 Å². The van der Waals surface area contributed by atoms with Gasteiger partial charge >= 0.3 is 0 Å². The molecule has 3 N–H and O–H groups in total. The molecule has 0 aromatic carbocycles. The van der Waals surface area contributed by atoms with Crippen molar-refractivity contribution in [3.8, 4) is 0 Å². The molecule has 1 amide bonds. The minimum atomic E-state index is -0.316. The summed E-state index contributed by atoms with van der Waals surface area (Å²) in [5, 5.41) is 3.23. The van der Waals surface area contributed by atoms with Crippen LogP contribution in [0.15, 0.2) is 11.8 Å². The highest BCUT2D eigenvalue weighted by molar-refractivity contribution is 5.91. The van der Waals surface area contributed by atoms with Crippen LogP contribution in [0.1, 0.15) is 13.3 Å². The minimum Gasteiger partial charge on any atom is -0.365 e. The van der Waals surface area contributed by atoms with Crippen LogP contribution >= 0.6 is 0 Å². The van der Waals surface area contributed by atoms with Gasteiger partial charge in [-0.25, -0.2) is 0 Å². The largest absolute Gasteiger partial charge is 0.365 e. The van der Waals surface area contributed by atoms with Crippen LogP contribution < -0.4 is 11.1 Å². The molecule has 0 saturated carbocycles. The highest BCUT2D eigenvalue weighted by Crippen LogP contribution is 2.05. The molecule has 1 saturated heterocycles. The molecule has 74 valence electrons. The predicted octanol–water partition coefficient (Wildman–Crippen LogP) is -0.329. The number of nitrogens with one attached hydrogen (secondary N) is 1. The Morgan fingerprint density at radius 1 is 1.54 bits per heavy atom. The van der Waals surface area contributed by atoms with E-state index in [-0.39, 0.29) is 5.91 Å². The van der Waals surface area contributed by atoms with E-state index in [9.17, 15) is 4.79 Å². The van der Waals surface area contributed by atoms with Gasteiger partial charge < -0.3 is 16.0 Å². The summed E-state index contributed by atoms with van der Waals surface area (Å²) in [7, 11) is 0. The highest BCUT2D eigenvalue weighted by Gasteiger charge is 2.15. The second-order valence-corrected chi connectivity index (χ2v) is 3.10. The van der Waals surface area contributed by atoms with Gasteiger partial charge in [0.1, 0.15) is 0 Å². The van der Waals surface area contributed by atoms with Crippen molar-refractivity contribution in [3.63, 3.8) is 0 Å². The van der Waals surface area contributed by atoms with Crippen LogP contribution in [0.4, 0.5) is 0 Å². The van der Waals surface area contributed by atoms with E-state index in [1.165, 1.54) is 0 Å². The lowest BCUT2D eigenvalue weighted by Crippen LogP contribution is -2.45. The summed E-state index contributed by atoms with van der Waals surface area (Å²) >= 11 is 0. The fraction of sp³-hybridized carbons (Fsp3) is 0.667. The molecule has 0 spiro atoms. The Morgan fingerprint density at radius 2 is 2.15 bits per heavy atom. The number of rotatable bonds is 3. The molecular weight excluding hydrogens is 166 g/mol. The Kier molecular flexibility index (Phi) is 3.76. The maximum atomic E-state index is 11.1. The van der Waals surface area contributed by atoms with E-state index >= 15 is 0 Å². The SMILES string of the molecule is CC/C=C(/C(N)=O)N1CCNCC1. The molecule has 13 heavy (non-hydrogen) atoms. The fourth-order valence-electron chi connectivity index (χ4n) is 1.48. The molecule has 1 fully saturated rings. The first-order valence-electron chi connectivity index (χ1n) is 4.71. The van der Waals surface area contributed by atoms with Gasteiger partial charge in [-0.1, -0.05) is 13.0 Å². The second kappa shape index (κ2) is 4.87. The van der Waals surface area contributed by atoms with E-state index in [2.05, 4.69) is 5.32 Å². The third kappa shape index (κ3) is 2.73. The van der Waals surface area contributed by atoms with E-state index in [1.807, 2.05) is 17.9 Å². The van der Waals surface area contributed by atoms with Crippen molar-refractivity contribution in [2.45, 2.75) is 13.3 Å². The van der Waals surface area contributed by atoms with Crippen molar-refractivity contribution < 1.29 is 4.79 Å². The van der Waals surface area contributed by atoms with Crippen LogP contribution in [-0.4, -0.2) is 37.0 Å². The molecule has 4 nitrogen and oxygen atoms in total. The molecule has 1 aliphatic rings. The Labute approximate surface area is 78.8 Å². The molecule has 1 rings (SSSR count). The van der Waals surface area contributed by atoms with Gasteiger partial charge in [0.15, 0.2) is 0 Å². The van der Waals surface area contributed by atoms with Crippen molar-refractivity contribution in [1.82, 2.24) is 10.2 Å². The Bertz CT molecular complexity index is 207. The predicted molar refractivity (Wildman–Crippen MR) is 52.0 cm³/mol. The molecule has 0 atom stereocenters. The number of hydrogen-bond acceptors (Lipinski definition) is 3. The molecule has 0 aliphatic carbocycles. The summed E-state index contributed by atoms with van der Waals surface area (Å²) in [5.74, 6) is -0.316. The average Bonchev–Trinajstić information content (AvgIpc) is 2.15. The van der Waals surface area contributed by atoms with E-state index in [1.54, 1.807) is 0 Å². The summed E-state index contributed by atoms with van der Waals surface area (Å²) < 4.78 is 0. The number of carbonyl (C=O) groups is 1. The molecule has 0 aromatic rings. The molecule has 0 bridgehead atoms. The van der Waals surface area contributed by atoms with Gasteiger partial charge in [-0.15, -0.1) is 0 Å². The topological polar surface area (TPSA) is 58.4 Å². The average molecular weight is 183 g/mol. The Balaban J connectivity index is 2.63. The molecule has 1 heterocycles. The first-order valence-corrected chi connectivity index (χ1v) is 4.71. The second-order valence-electron chi connectivity index (χ2n) is 3.10. The molecule has 0 unspecified atom stereocenters. The van der Waals surface area contributed by atoms with Gasteiger partial charge in [0.05, 0.1) is 5.70 Å². The monoisotopic (exact) mass is 183 g/mol. The summed E-state index contributed by atoms with van der Waals surface area (Å²) in [4.78, 5) is 13.1. The molecule has 1 aliphatic heterocycles. The third-order valence-corrected chi connectivity index (χ3v) is 2.11. The number of allylic oxidation sites excluding steroid dienone is 1. The first kappa shape index (κ1) is 10.1. The number of carbonyl (C=O) groups excluding carboxylic acids is 1. The number of amides is 1. The zero-order valence-corrected chi connectivity index (χ0v) is 8.05. The van der Waals surface area contributed by atoms with E-state index in [0.29, 0.717) is 5.70 Å². The van der Waals surface area contributed by atoms with Gasteiger partial charge in [-0.3, -0.25) is 4.79 Å². The molecule has 0 radical (unpaired) electrons. The van der Waals surface area contributed by atoms with Gasteiger partial charge in [0.2, 0.25) is 0 Å². The fourth-order valence-corrected chi connectivity index (χ4v) is 1.48. The lowest BCUT2D eigenvalue weighted by molar-refractivity contribution is -0.116. The minimum absolute atomic E-state index is 0.316. The number of nitrogens with two attached hydrogens (primary N) is 1. The standard InChI is InChI=1S/C9H17N3O/c1-2-3-8(9(10)13)12-6-4-11-5-7-12/h3,11H,2,4-7H2,1H3,(H2,10,13)/b8-3-. The summed E-state index contributed by atoms with van der Waals surface area (Å²) in [5.41, 5.74) is 5.95. The van der Waals surface area contributed by atoms with Crippen molar-refractivity contribution in [2.75, 3.05) is 26.2 Å². The summed E-state index contributed by atoms with van der Waals surface area (Å²) in [6.07, 6.45) is 2.75. The lowest BCUT2D eigenvalue weighted by Gasteiger charge is -2.30. The third-order valence-electron chi connectivity index (χ3n) is 2.11. The van der Waals surface area contributed by atoms with E-state index in [4.69, 9.17) is 5.73 Å². The zero-order chi connectivity index (χ0) is 9.68. The van der Waals surface area contributed by atoms with E-state index in [0.717, 1.165) is 32.6 Å². The van der Waals surface area contributed by atoms with E-state index < -0.39 is 0 Å². The number of piperazine rings is 1. The van der Waals surface area contributed by atoms with Crippen LogP contribution in [0.2, 0.25) is 0 Å². The van der Waals surface area contributed by atoms with Crippen molar-refractivity contribution in [3.05, 3.63) is 11.8 Å². The van der Waals surface area contributed by atoms with Crippen molar-refractivity contribution >= 4 is 5.91 Å². The molecule has 4 heteroatoms. The molecular formula is C9H17N3O. The Hall–Kier alpha value is -1.03. The highest BCUT2D eigenvalue weighted by atomic mass is 16.1. The normalized spacial score (nSPS) is 18.8. The summed E-state index contributed by atoms with van der Waals surface area (Å²) in [6.45, 7) is 5.59. The smallest absolute Gasteiger partial charge is 0.264 e. The number of nitrogens with zero attached hydrogens (tertiary/aromatic N) is 1. The number of primary amides is 1. The first-order chi connectivity index (χ1) is 6.25. The lowest BCUT2D eigenvalue weighted by atomic mass is 10.2. The van der Waals surface area contributed by atoms with Crippen LogP contribution in [0.25, 0.3) is 0 Å². The Morgan fingerprint density at radius 3 is 2.62 bits per heavy atom. The summed E-state index contributed by atoms with van der Waals surface area (Å²) in [6, 6.07) is 0. The van der Waals surface area contributed by atoms with Crippen LogP contribution in [0.5, 0.6) is 0 Å². The maximum absolute atomic E-state index is 11.1. The van der Waals surface area contributed by atoms with Crippen LogP contribution in [0, 0.1) is 0 Å². The van der Waals surface area contributed by atoms with Gasteiger partial charge in [-0.2, -0.15) is 0 Å². The van der Waals surface area contributed by atoms with Crippen LogP contribution in [0.3, 0.4) is 0 Å². The maximum Gasteiger partial charge on any atom is 0.264 e. The zero-order valence-electron chi connectivity index (χ0n) is 8.05. The quantitative estimate of drug-likeness (QED) is 0.589. The molecule has 0 aromatic heterocycles. The van der Waals surface area contributed by atoms with Crippen molar-refractivity contribution in [1.29, 1.82) is 0 Å². The van der Waals surface area contributed by atoms with Gasteiger partial charge in [0.25, 0.3) is 5.91 Å². The van der Waals surface area contributed by atoms with Crippen molar-refractivity contribution in [2.24, 2.45) is 5.73 Å².